The Kier molecular flexibility index (Phi) is 3.39. The normalized spacial score (nSPS) is 16.2. The third-order valence-electron chi connectivity index (χ3n) is 7.88. The zero-order valence-corrected chi connectivity index (χ0v) is 23.4. The van der Waals surface area contributed by atoms with E-state index in [1.54, 1.807) is 78.9 Å². The van der Waals surface area contributed by atoms with E-state index in [-0.39, 0.29) is 80.4 Å². The SMILES string of the molecule is [2H]c1c([2H])c([2H])c(-c2c([2H])c([2H])c([2H])c(-c3c4ccccc4c(-c4c([2H])c([2H])c5c(oc6c([2H])c([2H])c(-c7ccccc7)c([2H])c65)c4[2H])c4ccccc34)c2[2H])c([2H])c1[2H]. The summed E-state index contributed by atoms with van der Waals surface area (Å²) < 4.78 is 140. The van der Waals surface area contributed by atoms with Crippen molar-refractivity contribution in [1.82, 2.24) is 0 Å². The first-order chi connectivity index (χ1) is 28.6. The summed E-state index contributed by atoms with van der Waals surface area (Å²) in [5, 5.41) is 1.63. The van der Waals surface area contributed by atoms with Gasteiger partial charge in [-0.05, 0) is 96.3 Å². The lowest BCUT2D eigenvalue weighted by atomic mass is 9.85. The minimum absolute atomic E-state index is 0.0130. The van der Waals surface area contributed by atoms with E-state index in [4.69, 9.17) is 18.1 Å². The topological polar surface area (TPSA) is 13.1 Å². The average molecular weight is 588 g/mol. The van der Waals surface area contributed by atoms with Crippen LogP contribution in [0.4, 0.5) is 0 Å². The molecule has 0 atom stereocenters. The van der Waals surface area contributed by atoms with E-state index in [9.17, 15) is 6.85 Å². The fourth-order valence-corrected chi connectivity index (χ4v) is 5.90. The van der Waals surface area contributed by atoms with Crippen LogP contribution < -0.4 is 0 Å². The molecule has 1 heterocycles. The van der Waals surface area contributed by atoms with E-state index in [2.05, 4.69) is 0 Å². The standard InChI is InChI=1S/C44H28O/c1-3-12-29(13-4-1)31-16-11-17-33(26-31)43-36-18-7-9-20-38(36)44(39-21-10-8-19-37(39)43)34-22-24-35-40-27-32(30-14-5-2-6-15-30)23-25-41(40)45-42(35)28-34/h1-28H/i1D,3D,4D,11D,12D,13D,16D,17D,22D,23D,24D,25D,26D,27D,28D. The molecule has 210 valence electrons. The molecule has 8 aromatic carbocycles. The number of hydrogen-bond donors (Lipinski definition) is 0. The molecule has 1 heteroatoms. The Morgan fingerprint density at radius 2 is 0.889 bits per heavy atom. The molecule has 0 bridgehead atoms. The molecule has 9 rings (SSSR count). The summed E-state index contributed by atoms with van der Waals surface area (Å²) in [4.78, 5) is 0. The molecule has 0 aliphatic rings. The van der Waals surface area contributed by atoms with Gasteiger partial charge in [0.25, 0.3) is 0 Å². The highest BCUT2D eigenvalue weighted by atomic mass is 16.3. The smallest absolute Gasteiger partial charge is 0.136 e. The van der Waals surface area contributed by atoms with Gasteiger partial charge >= 0.3 is 0 Å². The van der Waals surface area contributed by atoms with Crippen molar-refractivity contribution in [2.75, 3.05) is 0 Å². The van der Waals surface area contributed by atoms with Gasteiger partial charge in [-0.1, -0.05) is 139 Å². The van der Waals surface area contributed by atoms with Crippen LogP contribution in [0.1, 0.15) is 20.6 Å². The fraction of sp³-hybridized carbons (Fsp3) is 0. The second kappa shape index (κ2) is 10.4. The zero-order valence-electron chi connectivity index (χ0n) is 38.4. The van der Waals surface area contributed by atoms with E-state index >= 15 is 0 Å². The van der Waals surface area contributed by atoms with Crippen molar-refractivity contribution in [2.45, 2.75) is 0 Å². The molecule has 0 aliphatic carbocycles. The molecule has 0 spiro atoms. The molecule has 0 amide bonds. The third kappa shape index (κ3) is 4.24. The Bertz CT molecular complexity index is 3290. The summed E-state index contributed by atoms with van der Waals surface area (Å²) in [7, 11) is 0. The molecule has 0 saturated carbocycles. The Morgan fingerprint density at radius 3 is 1.58 bits per heavy atom. The molecule has 0 N–H and O–H groups in total. The quantitative estimate of drug-likeness (QED) is 0.187. The summed E-state index contributed by atoms with van der Waals surface area (Å²) in [6, 6.07) is 14.8. The zero-order chi connectivity index (χ0) is 42.8. The van der Waals surface area contributed by atoms with Crippen LogP contribution in [0.5, 0.6) is 0 Å². The van der Waals surface area contributed by atoms with E-state index in [1.165, 1.54) is 0 Å². The highest BCUT2D eigenvalue weighted by molar-refractivity contribution is 6.22. The fourth-order valence-electron chi connectivity index (χ4n) is 5.90. The third-order valence-corrected chi connectivity index (χ3v) is 7.88. The van der Waals surface area contributed by atoms with Gasteiger partial charge in [-0.3, -0.25) is 0 Å². The van der Waals surface area contributed by atoms with Gasteiger partial charge in [0.05, 0.1) is 20.6 Å². The van der Waals surface area contributed by atoms with E-state index in [0.717, 1.165) is 0 Å². The maximum Gasteiger partial charge on any atom is 0.136 e. The van der Waals surface area contributed by atoms with Crippen LogP contribution in [-0.4, -0.2) is 0 Å². The lowest BCUT2D eigenvalue weighted by Crippen LogP contribution is -1.91. The number of benzene rings is 8. The molecule has 0 saturated heterocycles. The average Bonchev–Trinajstić information content (AvgIpc) is 3.67. The summed E-state index contributed by atoms with van der Waals surface area (Å²) in [6.45, 7) is 0. The molecule has 1 aromatic heterocycles. The van der Waals surface area contributed by atoms with E-state index in [0.29, 0.717) is 32.7 Å². The Balaban J connectivity index is 1.40. The highest BCUT2D eigenvalue weighted by Gasteiger charge is 2.18. The van der Waals surface area contributed by atoms with Crippen molar-refractivity contribution in [3.8, 4) is 44.5 Å². The van der Waals surface area contributed by atoms with Crippen molar-refractivity contribution in [3.05, 3.63) is 169 Å². The molecule has 0 radical (unpaired) electrons. The van der Waals surface area contributed by atoms with Crippen LogP contribution in [0.3, 0.4) is 0 Å². The second-order valence-electron chi connectivity index (χ2n) is 10.5. The number of fused-ring (bicyclic) bond motifs is 5. The maximum absolute atomic E-state index is 9.61. The van der Waals surface area contributed by atoms with Crippen LogP contribution in [0.25, 0.3) is 88.0 Å². The number of rotatable bonds is 4. The van der Waals surface area contributed by atoms with Crippen molar-refractivity contribution < 1.29 is 25.0 Å². The van der Waals surface area contributed by atoms with E-state index < -0.39 is 65.5 Å². The Morgan fingerprint density at radius 1 is 0.333 bits per heavy atom. The molecule has 0 aliphatic heterocycles. The predicted molar refractivity (Wildman–Crippen MR) is 190 cm³/mol. The van der Waals surface area contributed by atoms with Gasteiger partial charge in [0, 0.05) is 10.8 Å². The first-order valence-corrected chi connectivity index (χ1v) is 14.2. The molecule has 9 aromatic rings. The van der Waals surface area contributed by atoms with Gasteiger partial charge in [-0.2, -0.15) is 0 Å². The van der Waals surface area contributed by atoms with Gasteiger partial charge < -0.3 is 4.42 Å². The molecule has 0 unspecified atom stereocenters. The minimum atomic E-state index is -0.685. The van der Waals surface area contributed by atoms with Gasteiger partial charge in [-0.25, -0.2) is 0 Å². The molecular formula is C44H28O. The molecule has 0 fully saturated rings. The minimum Gasteiger partial charge on any atom is -0.456 e. The summed E-state index contributed by atoms with van der Waals surface area (Å²) in [5.41, 5.74) is -0.0912. The first-order valence-electron chi connectivity index (χ1n) is 21.7. The highest BCUT2D eigenvalue weighted by Crippen LogP contribution is 2.45. The van der Waals surface area contributed by atoms with Crippen molar-refractivity contribution >= 4 is 43.5 Å². The summed E-state index contributed by atoms with van der Waals surface area (Å²) >= 11 is 0. The lowest BCUT2D eigenvalue weighted by molar-refractivity contribution is 0.669. The number of furan rings is 1. The monoisotopic (exact) mass is 587 g/mol. The van der Waals surface area contributed by atoms with Crippen LogP contribution in [0, 0.1) is 0 Å². The van der Waals surface area contributed by atoms with Crippen molar-refractivity contribution in [3.63, 3.8) is 0 Å². The predicted octanol–water partition coefficient (Wildman–Crippen LogP) is 12.6. The van der Waals surface area contributed by atoms with Crippen molar-refractivity contribution in [2.24, 2.45) is 0 Å². The largest absolute Gasteiger partial charge is 0.456 e. The van der Waals surface area contributed by atoms with Crippen LogP contribution in [-0.2, 0) is 0 Å². The summed E-state index contributed by atoms with van der Waals surface area (Å²) in [5.74, 6) is 0. The Labute approximate surface area is 282 Å². The maximum atomic E-state index is 9.61. The van der Waals surface area contributed by atoms with Crippen molar-refractivity contribution in [1.29, 1.82) is 0 Å². The van der Waals surface area contributed by atoms with E-state index in [1.807, 2.05) is 0 Å². The Hall–Kier alpha value is -5.92. The van der Waals surface area contributed by atoms with Gasteiger partial charge in [0.1, 0.15) is 11.2 Å². The molecule has 45 heavy (non-hydrogen) atoms. The van der Waals surface area contributed by atoms with Crippen LogP contribution in [0.2, 0.25) is 0 Å². The lowest BCUT2D eigenvalue weighted by Gasteiger charge is -2.18. The molecular weight excluding hydrogens is 544 g/mol. The number of hydrogen-bond acceptors (Lipinski definition) is 1. The summed E-state index contributed by atoms with van der Waals surface area (Å²) in [6.07, 6.45) is 0. The molecule has 1 nitrogen and oxygen atoms in total. The van der Waals surface area contributed by atoms with Gasteiger partial charge in [0.15, 0.2) is 0 Å². The second-order valence-corrected chi connectivity index (χ2v) is 10.5. The van der Waals surface area contributed by atoms with Crippen LogP contribution in [0.15, 0.2) is 174 Å². The van der Waals surface area contributed by atoms with Crippen LogP contribution >= 0.6 is 0 Å². The first kappa shape index (κ1) is 14.7. The van der Waals surface area contributed by atoms with Gasteiger partial charge in [-0.15, -0.1) is 0 Å². The van der Waals surface area contributed by atoms with Gasteiger partial charge in [0.2, 0.25) is 0 Å².